The fourth-order valence-electron chi connectivity index (χ4n) is 2.54. The summed E-state index contributed by atoms with van der Waals surface area (Å²) < 4.78 is 31.2. The summed E-state index contributed by atoms with van der Waals surface area (Å²) >= 11 is 0. The fraction of sp³-hybridized carbons (Fsp3) is 0.429. The molecule has 22 heavy (non-hydrogen) atoms. The predicted octanol–water partition coefficient (Wildman–Crippen LogP) is 1.10. The maximum atomic E-state index is 12.8. The molecule has 1 aliphatic heterocycles. The molecule has 0 saturated carbocycles. The van der Waals surface area contributed by atoms with Gasteiger partial charge in [0.05, 0.1) is 17.6 Å². The van der Waals surface area contributed by atoms with E-state index >= 15 is 0 Å². The van der Waals surface area contributed by atoms with Gasteiger partial charge in [0, 0.05) is 6.54 Å². The summed E-state index contributed by atoms with van der Waals surface area (Å²) in [5.74, 6) is -1.96. The third-order valence-electron chi connectivity index (χ3n) is 3.62. The Balaban J connectivity index is 2.50. The molecule has 120 valence electrons. The molecule has 8 heteroatoms. The van der Waals surface area contributed by atoms with E-state index in [1.165, 1.54) is 24.3 Å². The SMILES string of the molecule is COC(=O)c1ccccc1S(=O)(=O)N1CCCCC1C(=O)O. The van der Waals surface area contributed by atoms with Crippen LogP contribution in [0, 0.1) is 0 Å². The summed E-state index contributed by atoms with van der Waals surface area (Å²) in [6.45, 7) is 0.120. The van der Waals surface area contributed by atoms with Crippen LogP contribution in [0.2, 0.25) is 0 Å². The largest absolute Gasteiger partial charge is 0.480 e. The van der Waals surface area contributed by atoms with Crippen molar-refractivity contribution in [2.45, 2.75) is 30.2 Å². The molecule has 0 spiro atoms. The van der Waals surface area contributed by atoms with Crippen molar-refractivity contribution < 1.29 is 27.9 Å². The van der Waals surface area contributed by atoms with Crippen LogP contribution in [-0.4, -0.2) is 49.5 Å². The van der Waals surface area contributed by atoms with Crippen LogP contribution in [-0.2, 0) is 19.6 Å². The summed E-state index contributed by atoms with van der Waals surface area (Å²) in [5.41, 5.74) is -0.0975. The van der Waals surface area contributed by atoms with Crippen molar-refractivity contribution in [3.63, 3.8) is 0 Å². The molecule has 0 radical (unpaired) electrons. The number of ether oxygens (including phenoxy) is 1. The first-order valence-electron chi connectivity index (χ1n) is 6.81. The number of carbonyl (C=O) groups excluding carboxylic acids is 1. The zero-order chi connectivity index (χ0) is 16.3. The molecular weight excluding hydrogens is 310 g/mol. The van der Waals surface area contributed by atoms with Crippen LogP contribution in [0.25, 0.3) is 0 Å². The molecule has 0 amide bonds. The van der Waals surface area contributed by atoms with Gasteiger partial charge in [0.1, 0.15) is 6.04 Å². The van der Waals surface area contributed by atoms with E-state index in [4.69, 9.17) is 0 Å². The zero-order valence-corrected chi connectivity index (χ0v) is 12.9. The van der Waals surface area contributed by atoms with Gasteiger partial charge >= 0.3 is 11.9 Å². The van der Waals surface area contributed by atoms with Gasteiger partial charge in [-0.05, 0) is 31.4 Å². The van der Waals surface area contributed by atoms with Crippen molar-refractivity contribution in [3.05, 3.63) is 29.8 Å². The van der Waals surface area contributed by atoms with Gasteiger partial charge in [-0.1, -0.05) is 12.1 Å². The molecule has 2 rings (SSSR count). The van der Waals surface area contributed by atoms with Gasteiger partial charge in [0.15, 0.2) is 0 Å². The first-order chi connectivity index (χ1) is 10.4. The summed E-state index contributed by atoms with van der Waals surface area (Å²) in [7, 11) is -2.93. The molecule has 1 N–H and O–H groups in total. The van der Waals surface area contributed by atoms with Gasteiger partial charge in [0.25, 0.3) is 0 Å². The summed E-state index contributed by atoms with van der Waals surface area (Å²) in [6.07, 6.45) is 1.50. The topological polar surface area (TPSA) is 101 Å². The standard InChI is InChI=1S/C14H17NO6S/c1-21-14(18)10-6-2-3-8-12(10)22(19,20)15-9-5-4-7-11(15)13(16)17/h2-3,6,8,11H,4-5,7,9H2,1H3,(H,16,17). The Morgan fingerprint density at radius 3 is 2.59 bits per heavy atom. The zero-order valence-electron chi connectivity index (χ0n) is 12.1. The van der Waals surface area contributed by atoms with Gasteiger partial charge in [-0.25, -0.2) is 13.2 Å². The number of carbonyl (C=O) groups is 2. The molecule has 0 aromatic heterocycles. The molecule has 1 heterocycles. The highest BCUT2D eigenvalue weighted by molar-refractivity contribution is 7.89. The average Bonchev–Trinajstić information content (AvgIpc) is 2.54. The number of esters is 1. The van der Waals surface area contributed by atoms with Crippen molar-refractivity contribution in [1.82, 2.24) is 4.31 Å². The third kappa shape index (κ3) is 2.97. The molecule has 1 saturated heterocycles. The van der Waals surface area contributed by atoms with Gasteiger partial charge < -0.3 is 9.84 Å². The van der Waals surface area contributed by atoms with Gasteiger partial charge in [-0.15, -0.1) is 0 Å². The number of carboxylic acid groups (broad SMARTS) is 1. The lowest BCUT2D eigenvalue weighted by Crippen LogP contribution is -2.48. The Morgan fingerprint density at radius 1 is 1.27 bits per heavy atom. The van der Waals surface area contributed by atoms with Gasteiger partial charge in [-0.3, -0.25) is 4.79 Å². The second kappa shape index (κ2) is 6.45. The molecule has 0 bridgehead atoms. The van der Waals surface area contributed by atoms with Gasteiger partial charge in [-0.2, -0.15) is 4.31 Å². The number of carboxylic acids is 1. The van der Waals surface area contributed by atoms with Crippen molar-refractivity contribution in [2.75, 3.05) is 13.7 Å². The normalized spacial score (nSPS) is 19.6. The third-order valence-corrected chi connectivity index (χ3v) is 5.58. The predicted molar refractivity (Wildman–Crippen MR) is 76.9 cm³/mol. The first kappa shape index (κ1) is 16.4. The Hall–Kier alpha value is -1.93. The number of sulfonamides is 1. The van der Waals surface area contributed by atoms with Gasteiger partial charge in [0.2, 0.25) is 10.0 Å². The summed E-state index contributed by atoms with van der Waals surface area (Å²) in [6, 6.07) is 4.53. The minimum absolute atomic E-state index is 0.0975. The van der Waals surface area contributed by atoms with Crippen LogP contribution in [0.5, 0.6) is 0 Å². The summed E-state index contributed by atoms with van der Waals surface area (Å²) in [5, 5.41) is 9.25. The van der Waals surface area contributed by atoms with E-state index < -0.39 is 28.0 Å². The first-order valence-corrected chi connectivity index (χ1v) is 8.25. The van der Waals surface area contributed by atoms with Crippen molar-refractivity contribution in [1.29, 1.82) is 0 Å². The molecule has 1 aliphatic rings. The number of aliphatic carboxylic acids is 1. The number of hydrogen-bond acceptors (Lipinski definition) is 5. The molecule has 0 aliphatic carbocycles. The van der Waals surface area contributed by atoms with Crippen LogP contribution in [0.4, 0.5) is 0 Å². The highest BCUT2D eigenvalue weighted by Gasteiger charge is 2.39. The lowest BCUT2D eigenvalue weighted by molar-refractivity contribution is -0.142. The van der Waals surface area contributed by atoms with Crippen LogP contribution in [0.1, 0.15) is 29.6 Å². The highest BCUT2D eigenvalue weighted by Crippen LogP contribution is 2.27. The Bertz CT molecular complexity index is 684. The van der Waals surface area contributed by atoms with E-state index in [9.17, 15) is 23.1 Å². The second-order valence-electron chi connectivity index (χ2n) is 4.95. The minimum Gasteiger partial charge on any atom is -0.480 e. The maximum Gasteiger partial charge on any atom is 0.339 e. The maximum absolute atomic E-state index is 12.8. The Kier molecular flexibility index (Phi) is 4.82. The van der Waals surface area contributed by atoms with E-state index in [-0.39, 0.29) is 23.4 Å². The average molecular weight is 327 g/mol. The van der Waals surface area contributed by atoms with E-state index in [0.29, 0.717) is 12.8 Å². The second-order valence-corrected chi connectivity index (χ2v) is 6.81. The highest BCUT2D eigenvalue weighted by atomic mass is 32.2. The van der Waals surface area contributed by atoms with Crippen LogP contribution < -0.4 is 0 Å². The van der Waals surface area contributed by atoms with Crippen molar-refractivity contribution in [2.24, 2.45) is 0 Å². The number of nitrogens with zero attached hydrogens (tertiary/aromatic N) is 1. The Morgan fingerprint density at radius 2 is 1.95 bits per heavy atom. The van der Waals surface area contributed by atoms with E-state index in [2.05, 4.69) is 4.74 Å². The van der Waals surface area contributed by atoms with E-state index in [0.717, 1.165) is 11.4 Å². The molecule has 1 aromatic carbocycles. The number of benzene rings is 1. The smallest absolute Gasteiger partial charge is 0.339 e. The molecule has 7 nitrogen and oxygen atoms in total. The monoisotopic (exact) mass is 327 g/mol. The number of rotatable bonds is 4. The fourth-order valence-corrected chi connectivity index (χ4v) is 4.37. The van der Waals surface area contributed by atoms with Crippen molar-refractivity contribution in [3.8, 4) is 0 Å². The number of methoxy groups -OCH3 is 1. The quantitative estimate of drug-likeness (QED) is 0.831. The number of piperidine rings is 1. The molecule has 1 fully saturated rings. The Labute approximate surface area is 128 Å². The number of hydrogen-bond donors (Lipinski definition) is 1. The van der Waals surface area contributed by atoms with Crippen LogP contribution >= 0.6 is 0 Å². The van der Waals surface area contributed by atoms with Crippen LogP contribution in [0.3, 0.4) is 0 Å². The lowest BCUT2D eigenvalue weighted by atomic mass is 10.1. The molecule has 1 aromatic rings. The van der Waals surface area contributed by atoms with E-state index in [1.807, 2.05) is 0 Å². The lowest BCUT2D eigenvalue weighted by Gasteiger charge is -2.32. The molecule has 1 atom stereocenters. The van der Waals surface area contributed by atoms with Crippen molar-refractivity contribution >= 4 is 22.0 Å². The minimum atomic E-state index is -4.09. The molecule has 1 unspecified atom stereocenters. The van der Waals surface area contributed by atoms with E-state index in [1.54, 1.807) is 0 Å². The van der Waals surface area contributed by atoms with Crippen LogP contribution in [0.15, 0.2) is 29.2 Å². The summed E-state index contributed by atoms with van der Waals surface area (Å²) in [4.78, 5) is 22.9. The molecular formula is C14H17NO6S.